The smallest absolute Gasteiger partial charge is 0.242 e. The molecule has 3 aromatic rings. The van der Waals surface area contributed by atoms with Gasteiger partial charge in [-0.05, 0) is 42.8 Å². The molecule has 0 saturated heterocycles. The number of rotatable bonds is 6. The number of hydrogen-bond acceptors (Lipinski definition) is 4. The molecule has 0 radical (unpaired) electrons. The molecule has 0 amide bonds. The number of sulfonamides is 1. The summed E-state index contributed by atoms with van der Waals surface area (Å²) < 4.78 is 42.2. The molecule has 0 aliphatic heterocycles. The monoisotopic (exact) mass is 474 g/mol. The number of nitrogens with zero attached hydrogens (tertiary/aromatic N) is 3. The first-order valence-electron chi connectivity index (χ1n) is 8.78. The molecule has 3 rings (SSSR count). The van der Waals surface area contributed by atoms with Crippen LogP contribution in [0.15, 0.2) is 59.4 Å². The van der Waals surface area contributed by atoms with Gasteiger partial charge in [-0.25, -0.2) is 17.1 Å². The first-order chi connectivity index (χ1) is 13.3. The van der Waals surface area contributed by atoms with Crippen LogP contribution in [0.25, 0.3) is 22.2 Å². The van der Waals surface area contributed by atoms with Gasteiger partial charge in [0, 0.05) is 38.1 Å². The van der Waals surface area contributed by atoms with E-state index >= 15 is 0 Å². The Bertz CT molecular complexity index is 1160. The van der Waals surface area contributed by atoms with Crippen molar-refractivity contribution in [2.45, 2.75) is 18.4 Å². The molecule has 0 unspecified atom stereocenters. The highest BCUT2D eigenvalue weighted by Crippen LogP contribution is 2.35. The van der Waals surface area contributed by atoms with Crippen molar-refractivity contribution in [3.8, 4) is 11.1 Å². The van der Waals surface area contributed by atoms with Crippen LogP contribution >= 0.6 is 24.8 Å². The lowest BCUT2D eigenvalue weighted by Gasteiger charge is -2.12. The molecule has 1 aromatic carbocycles. The summed E-state index contributed by atoms with van der Waals surface area (Å²) in [7, 11) is -0.583. The lowest BCUT2D eigenvalue weighted by atomic mass is 10.1. The van der Waals surface area contributed by atoms with Crippen LogP contribution < -0.4 is 5.73 Å². The zero-order chi connectivity index (χ0) is 20.5. The highest BCUT2D eigenvalue weighted by Gasteiger charge is 2.21. The Labute approximate surface area is 188 Å². The van der Waals surface area contributed by atoms with Gasteiger partial charge in [-0.15, -0.1) is 24.8 Å². The van der Waals surface area contributed by atoms with Crippen molar-refractivity contribution in [3.05, 3.63) is 60.2 Å². The van der Waals surface area contributed by atoms with Crippen LogP contribution in [-0.2, 0) is 16.6 Å². The van der Waals surface area contributed by atoms with E-state index < -0.39 is 10.0 Å². The van der Waals surface area contributed by atoms with E-state index in [1.54, 1.807) is 30.5 Å². The van der Waals surface area contributed by atoms with Crippen molar-refractivity contribution < 1.29 is 12.8 Å². The molecule has 0 atom stereocenters. The van der Waals surface area contributed by atoms with Crippen molar-refractivity contribution in [2.24, 2.45) is 5.73 Å². The van der Waals surface area contributed by atoms with Crippen molar-refractivity contribution in [1.29, 1.82) is 0 Å². The lowest BCUT2D eigenvalue weighted by Crippen LogP contribution is -2.22. The molecule has 0 bridgehead atoms. The number of allylic oxidation sites excluding steroid dienone is 1. The molecule has 0 spiro atoms. The summed E-state index contributed by atoms with van der Waals surface area (Å²) in [6, 6.07) is 10.4. The molecule has 0 aliphatic carbocycles. The van der Waals surface area contributed by atoms with Crippen LogP contribution in [0.5, 0.6) is 0 Å². The summed E-state index contributed by atoms with van der Waals surface area (Å²) in [6.45, 7) is 2.04. The van der Waals surface area contributed by atoms with Gasteiger partial charge in [0.15, 0.2) is 0 Å². The van der Waals surface area contributed by atoms with Gasteiger partial charge >= 0.3 is 0 Å². The summed E-state index contributed by atoms with van der Waals surface area (Å²) in [6.07, 6.45) is 3.01. The SMILES string of the molecule is Cc1c(-c2cccc(S(=O)(=O)N(C)C)c2)c2ncccc2n1CC(F)=CCN.Cl.Cl. The highest BCUT2D eigenvalue weighted by atomic mass is 35.5. The average Bonchev–Trinajstić information content (AvgIpc) is 2.94. The normalized spacial score (nSPS) is 12.0. The standard InChI is InChI=1S/C20H23FN4O2S.2ClH/c1-14-19(15-6-4-7-17(12-15)28(26,27)24(2)3)20-18(8-5-11-23-20)25(14)13-16(21)9-10-22;;/h4-9,11-12H,10,13,22H2,1-3H3;2*1H. The van der Waals surface area contributed by atoms with Crippen molar-refractivity contribution >= 4 is 45.9 Å². The van der Waals surface area contributed by atoms with Crippen LogP contribution in [0, 0.1) is 6.92 Å². The fraction of sp³-hybridized carbons (Fsp3) is 0.250. The van der Waals surface area contributed by atoms with Gasteiger partial charge in [-0.1, -0.05) is 12.1 Å². The summed E-state index contributed by atoms with van der Waals surface area (Å²) >= 11 is 0. The zero-order valence-electron chi connectivity index (χ0n) is 16.9. The second kappa shape index (κ2) is 10.4. The van der Waals surface area contributed by atoms with Gasteiger partial charge < -0.3 is 10.3 Å². The first-order valence-corrected chi connectivity index (χ1v) is 10.2. The van der Waals surface area contributed by atoms with E-state index in [0.29, 0.717) is 11.1 Å². The topological polar surface area (TPSA) is 81.2 Å². The van der Waals surface area contributed by atoms with E-state index in [-0.39, 0.29) is 48.6 Å². The molecule has 0 fully saturated rings. The van der Waals surface area contributed by atoms with E-state index in [4.69, 9.17) is 5.73 Å². The second-order valence-corrected chi connectivity index (χ2v) is 8.77. The Morgan fingerprint density at radius 2 is 1.93 bits per heavy atom. The quantitative estimate of drug-likeness (QED) is 0.586. The zero-order valence-corrected chi connectivity index (χ0v) is 19.3. The molecule has 30 heavy (non-hydrogen) atoms. The van der Waals surface area contributed by atoms with Gasteiger partial charge in [0.2, 0.25) is 10.0 Å². The van der Waals surface area contributed by atoms with Crippen LogP contribution in [0.2, 0.25) is 0 Å². The second-order valence-electron chi connectivity index (χ2n) is 6.62. The van der Waals surface area contributed by atoms with E-state index in [2.05, 4.69) is 4.98 Å². The number of aromatic nitrogens is 2. The molecule has 6 nitrogen and oxygen atoms in total. The van der Waals surface area contributed by atoms with Crippen molar-refractivity contribution in [3.63, 3.8) is 0 Å². The molecule has 0 saturated carbocycles. The Balaban J connectivity index is 0.00000225. The number of halogens is 3. The van der Waals surface area contributed by atoms with Gasteiger partial charge in [-0.2, -0.15) is 0 Å². The number of nitrogens with two attached hydrogens (primary N) is 1. The average molecular weight is 475 g/mol. The third kappa shape index (κ3) is 4.84. The van der Waals surface area contributed by atoms with Crippen molar-refractivity contribution in [2.75, 3.05) is 20.6 Å². The fourth-order valence-corrected chi connectivity index (χ4v) is 4.16. The van der Waals surface area contributed by atoms with E-state index in [0.717, 1.165) is 16.8 Å². The minimum Gasteiger partial charge on any atom is -0.336 e. The number of benzene rings is 1. The summed E-state index contributed by atoms with van der Waals surface area (Å²) in [5.74, 6) is -0.332. The third-order valence-corrected chi connectivity index (χ3v) is 6.44. The van der Waals surface area contributed by atoms with E-state index in [9.17, 15) is 12.8 Å². The molecule has 2 aromatic heterocycles. The maximum absolute atomic E-state index is 14.2. The molecule has 2 N–H and O–H groups in total. The Kier molecular flexibility index (Phi) is 9.01. The Hall–Kier alpha value is -1.97. The molecule has 2 heterocycles. The van der Waals surface area contributed by atoms with Gasteiger partial charge in [0.05, 0.1) is 22.5 Å². The minimum absolute atomic E-state index is 0. The van der Waals surface area contributed by atoms with Crippen molar-refractivity contribution in [1.82, 2.24) is 13.9 Å². The van der Waals surface area contributed by atoms with Gasteiger partial charge in [-0.3, -0.25) is 4.98 Å². The lowest BCUT2D eigenvalue weighted by molar-refractivity contribution is 0.521. The van der Waals surface area contributed by atoms with Crippen LogP contribution in [-0.4, -0.2) is 42.9 Å². The molecule has 0 aliphatic rings. The number of hydrogen-bond donors (Lipinski definition) is 1. The predicted octanol–water partition coefficient (Wildman–Crippen LogP) is 3.92. The van der Waals surface area contributed by atoms with Gasteiger partial charge in [0.25, 0.3) is 0 Å². The third-order valence-electron chi connectivity index (χ3n) is 4.63. The van der Waals surface area contributed by atoms with Crippen LogP contribution in [0.1, 0.15) is 5.69 Å². The molecular formula is C20H25Cl2FN4O2S. The summed E-state index contributed by atoms with van der Waals surface area (Å²) in [5.41, 5.74) is 9.18. The first kappa shape index (κ1) is 26.1. The summed E-state index contributed by atoms with van der Waals surface area (Å²) in [5, 5.41) is 0. The highest BCUT2D eigenvalue weighted by molar-refractivity contribution is 7.89. The Morgan fingerprint density at radius 1 is 1.23 bits per heavy atom. The van der Waals surface area contributed by atoms with E-state index in [1.807, 2.05) is 23.6 Å². The van der Waals surface area contributed by atoms with Crippen LogP contribution in [0.3, 0.4) is 0 Å². The van der Waals surface area contributed by atoms with Crippen LogP contribution in [0.4, 0.5) is 4.39 Å². The molecule has 164 valence electrons. The molecular weight excluding hydrogens is 450 g/mol. The summed E-state index contributed by atoms with van der Waals surface area (Å²) in [4.78, 5) is 4.67. The molecule has 10 heteroatoms. The maximum Gasteiger partial charge on any atom is 0.242 e. The maximum atomic E-state index is 14.2. The Morgan fingerprint density at radius 3 is 2.57 bits per heavy atom. The minimum atomic E-state index is -3.57. The fourth-order valence-electron chi connectivity index (χ4n) is 3.21. The van der Waals surface area contributed by atoms with E-state index in [1.165, 1.54) is 24.5 Å². The number of fused-ring (bicyclic) bond motifs is 1. The number of pyridine rings is 1. The largest absolute Gasteiger partial charge is 0.336 e. The predicted molar refractivity (Wildman–Crippen MR) is 124 cm³/mol. The van der Waals surface area contributed by atoms with Gasteiger partial charge in [0.1, 0.15) is 5.83 Å².